The zero-order valence-corrected chi connectivity index (χ0v) is 9.21. The first-order valence-electron chi connectivity index (χ1n) is 4.05. The Morgan fingerprint density at radius 2 is 1.75 bits per heavy atom. The van der Waals surface area contributed by atoms with E-state index in [0.717, 1.165) is 19.2 Å². The minimum Gasteiger partial charge on any atom is -0.495 e. The number of thioether (sulfide) groups is 1. The van der Waals surface area contributed by atoms with Crippen LogP contribution in [0.5, 0.6) is 11.5 Å². The van der Waals surface area contributed by atoms with Gasteiger partial charge < -0.3 is 9.47 Å². The predicted octanol–water partition coefficient (Wildman–Crippen LogP) is 3.45. The summed E-state index contributed by atoms with van der Waals surface area (Å²) in [6.45, 7) is 0. The number of hydrogen-bond acceptors (Lipinski definition) is 3. The third-order valence-corrected chi connectivity index (χ3v) is 2.49. The zero-order valence-electron chi connectivity index (χ0n) is 8.39. The van der Waals surface area contributed by atoms with Crippen molar-refractivity contribution in [2.45, 2.75) is 10.4 Å². The van der Waals surface area contributed by atoms with Crippen molar-refractivity contribution in [1.29, 1.82) is 0 Å². The molecular weight excluding hydrogens is 248 g/mol. The summed E-state index contributed by atoms with van der Waals surface area (Å²) in [6, 6.07) is 2.10. The van der Waals surface area contributed by atoms with E-state index < -0.39 is 33.7 Å². The summed E-state index contributed by atoms with van der Waals surface area (Å²) in [5, 5.41) is 0. The van der Waals surface area contributed by atoms with Crippen molar-refractivity contribution in [3.63, 3.8) is 0 Å². The van der Waals surface area contributed by atoms with Crippen molar-refractivity contribution in [3.05, 3.63) is 17.9 Å². The summed E-state index contributed by atoms with van der Waals surface area (Å²) in [6.07, 6.45) is 0. The van der Waals surface area contributed by atoms with Crippen molar-refractivity contribution in [2.24, 2.45) is 0 Å². The van der Waals surface area contributed by atoms with Crippen molar-refractivity contribution in [3.8, 4) is 11.5 Å². The van der Waals surface area contributed by atoms with Gasteiger partial charge in [0.15, 0.2) is 11.6 Å². The van der Waals surface area contributed by atoms with Crippen LogP contribution in [0.3, 0.4) is 0 Å². The highest BCUT2D eigenvalue weighted by molar-refractivity contribution is 8.00. The molecule has 0 aromatic heterocycles. The Hall–Kier alpha value is -1.11. The van der Waals surface area contributed by atoms with Gasteiger partial charge in [-0.1, -0.05) is 0 Å². The Morgan fingerprint density at radius 3 is 2.19 bits per heavy atom. The summed E-state index contributed by atoms with van der Waals surface area (Å²) in [5.74, 6) is -1.42. The molecule has 7 heteroatoms. The average molecular weight is 256 g/mol. The van der Waals surface area contributed by atoms with Gasteiger partial charge in [-0.25, -0.2) is 4.39 Å². The standard InChI is InChI=1S/C9H8F4O2S/c1-14-6-4-3-5(10)7(15-2)8(6)16-9(11,12)13/h3-4H,1-2H3. The van der Waals surface area contributed by atoms with E-state index in [-0.39, 0.29) is 5.75 Å². The quantitative estimate of drug-likeness (QED) is 0.609. The number of methoxy groups -OCH3 is 2. The van der Waals surface area contributed by atoms with Crippen LogP contribution in [-0.4, -0.2) is 19.7 Å². The molecule has 0 aliphatic rings. The monoisotopic (exact) mass is 256 g/mol. The Morgan fingerprint density at radius 1 is 1.12 bits per heavy atom. The lowest BCUT2D eigenvalue weighted by atomic mass is 10.3. The fourth-order valence-corrected chi connectivity index (χ4v) is 1.84. The molecule has 0 saturated heterocycles. The zero-order chi connectivity index (χ0) is 12.3. The molecule has 0 fully saturated rings. The first-order chi connectivity index (χ1) is 7.39. The summed E-state index contributed by atoms with van der Waals surface area (Å²) < 4.78 is 59.2. The van der Waals surface area contributed by atoms with Crippen molar-refractivity contribution >= 4 is 11.8 Å². The van der Waals surface area contributed by atoms with E-state index in [9.17, 15) is 17.6 Å². The molecule has 0 amide bonds. The second kappa shape index (κ2) is 4.82. The summed E-state index contributed by atoms with van der Waals surface area (Å²) >= 11 is -0.473. The maximum Gasteiger partial charge on any atom is 0.446 e. The highest BCUT2D eigenvalue weighted by Crippen LogP contribution is 2.47. The molecule has 1 rings (SSSR count). The van der Waals surface area contributed by atoms with Gasteiger partial charge in [-0.3, -0.25) is 0 Å². The Kier molecular flexibility index (Phi) is 3.90. The molecule has 0 bridgehead atoms. The molecule has 0 spiro atoms. The Bertz CT molecular complexity index is 379. The van der Waals surface area contributed by atoms with E-state index in [2.05, 4.69) is 4.74 Å². The molecule has 0 aliphatic carbocycles. The van der Waals surface area contributed by atoms with Crippen molar-refractivity contribution in [1.82, 2.24) is 0 Å². The van der Waals surface area contributed by atoms with Gasteiger partial charge in [0.25, 0.3) is 0 Å². The van der Waals surface area contributed by atoms with Gasteiger partial charge in [0.2, 0.25) is 0 Å². The average Bonchev–Trinajstić information content (AvgIpc) is 2.16. The van der Waals surface area contributed by atoms with Crippen LogP contribution < -0.4 is 9.47 Å². The molecule has 0 saturated carbocycles. The fourth-order valence-electron chi connectivity index (χ4n) is 1.08. The van der Waals surface area contributed by atoms with Crippen LogP contribution in [0.25, 0.3) is 0 Å². The number of halogens is 4. The highest BCUT2D eigenvalue weighted by atomic mass is 32.2. The molecule has 16 heavy (non-hydrogen) atoms. The molecule has 0 N–H and O–H groups in total. The second-order valence-electron chi connectivity index (χ2n) is 2.66. The molecule has 1 aromatic rings. The smallest absolute Gasteiger partial charge is 0.446 e. The molecule has 0 atom stereocenters. The van der Waals surface area contributed by atoms with Gasteiger partial charge >= 0.3 is 5.51 Å². The maximum atomic E-state index is 13.2. The number of ether oxygens (including phenoxy) is 2. The first kappa shape index (κ1) is 13.0. The van der Waals surface area contributed by atoms with Gasteiger partial charge in [-0.15, -0.1) is 0 Å². The highest BCUT2D eigenvalue weighted by Gasteiger charge is 2.33. The third kappa shape index (κ3) is 2.94. The van der Waals surface area contributed by atoms with E-state index in [1.807, 2.05) is 0 Å². The number of alkyl halides is 3. The van der Waals surface area contributed by atoms with E-state index in [4.69, 9.17) is 4.74 Å². The molecule has 0 radical (unpaired) electrons. The van der Waals surface area contributed by atoms with Crippen LogP contribution in [-0.2, 0) is 0 Å². The molecule has 0 aliphatic heterocycles. The third-order valence-electron chi connectivity index (χ3n) is 1.67. The first-order valence-corrected chi connectivity index (χ1v) is 4.87. The van der Waals surface area contributed by atoms with Crippen LogP contribution >= 0.6 is 11.8 Å². The minimum absolute atomic E-state index is 0.0828. The van der Waals surface area contributed by atoms with Gasteiger partial charge in [-0.05, 0) is 23.9 Å². The van der Waals surface area contributed by atoms with Crippen LogP contribution in [0.1, 0.15) is 0 Å². The Labute approximate surface area is 93.5 Å². The summed E-state index contributed by atoms with van der Waals surface area (Å²) in [7, 11) is 2.30. The molecule has 1 aromatic carbocycles. The molecule has 90 valence electrons. The molecular formula is C9H8F4O2S. The minimum atomic E-state index is -4.53. The number of benzene rings is 1. The second-order valence-corrected chi connectivity index (χ2v) is 3.74. The van der Waals surface area contributed by atoms with Crippen LogP contribution in [0.15, 0.2) is 17.0 Å². The van der Waals surface area contributed by atoms with E-state index in [0.29, 0.717) is 0 Å². The topological polar surface area (TPSA) is 18.5 Å². The molecule has 2 nitrogen and oxygen atoms in total. The largest absolute Gasteiger partial charge is 0.495 e. The predicted molar refractivity (Wildman–Crippen MR) is 51.4 cm³/mol. The molecule has 0 unspecified atom stereocenters. The maximum absolute atomic E-state index is 13.2. The van der Waals surface area contributed by atoms with Gasteiger partial charge in [0, 0.05) is 0 Å². The van der Waals surface area contributed by atoms with E-state index >= 15 is 0 Å². The van der Waals surface area contributed by atoms with Crippen molar-refractivity contribution < 1.29 is 27.0 Å². The normalized spacial score (nSPS) is 11.4. The number of rotatable bonds is 3. The van der Waals surface area contributed by atoms with Crippen LogP contribution in [0, 0.1) is 5.82 Å². The molecule has 0 heterocycles. The van der Waals surface area contributed by atoms with Gasteiger partial charge in [0.05, 0.1) is 14.2 Å². The lowest BCUT2D eigenvalue weighted by Crippen LogP contribution is -2.03. The fraction of sp³-hybridized carbons (Fsp3) is 0.333. The summed E-state index contributed by atoms with van der Waals surface area (Å²) in [5.41, 5.74) is -4.53. The van der Waals surface area contributed by atoms with Crippen LogP contribution in [0.2, 0.25) is 0 Å². The lowest BCUT2D eigenvalue weighted by Gasteiger charge is -2.14. The van der Waals surface area contributed by atoms with Crippen LogP contribution in [0.4, 0.5) is 17.6 Å². The SMILES string of the molecule is COc1ccc(F)c(OC)c1SC(F)(F)F. The van der Waals surface area contributed by atoms with Crippen molar-refractivity contribution in [2.75, 3.05) is 14.2 Å². The van der Waals surface area contributed by atoms with Gasteiger partial charge in [0.1, 0.15) is 10.6 Å². The van der Waals surface area contributed by atoms with E-state index in [1.54, 1.807) is 0 Å². The van der Waals surface area contributed by atoms with E-state index in [1.165, 1.54) is 7.11 Å². The number of hydrogen-bond donors (Lipinski definition) is 0. The Balaban J connectivity index is 3.25. The lowest BCUT2D eigenvalue weighted by molar-refractivity contribution is -0.0329. The summed E-state index contributed by atoms with van der Waals surface area (Å²) in [4.78, 5) is -0.419. The van der Waals surface area contributed by atoms with Gasteiger partial charge in [-0.2, -0.15) is 13.2 Å².